The van der Waals surface area contributed by atoms with Crippen LogP contribution in [-0.2, 0) is 14.8 Å². The van der Waals surface area contributed by atoms with Gasteiger partial charge < -0.3 is 4.74 Å². The van der Waals surface area contributed by atoms with E-state index in [2.05, 4.69) is 9.46 Å². The van der Waals surface area contributed by atoms with Gasteiger partial charge in [-0.15, -0.1) is 0 Å². The normalized spacial score (nSPS) is 10.8. The molecule has 0 aliphatic rings. The molecule has 0 aromatic heterocycles. The van der Waals surface area contributed by atoms with Gasteiger partial charge in [0, 0.05) is 18.4 Å². The Bertz CT molecular complexity index is 496. The predicted molar refractivity (Wildman–Crippen MR) is 65.7 cm³/mol. The molecule has 1 aromatic rings. The third kappa shape index (κ3) is 3.95. The van der Waals surface area contributed by atoms with Gasteiger partial charge in [-0.1, -0.05) is 0 Å². The van der Waals surface area contributed by atoms with Crippen LogP contribution < -0.4 is 9.62 Å². The second-order valence-corrected chi connectivity index (χ2v) is 5.20. The molecule has 1 amide bonds. The van der Waals surface area contributed by atoms with Crippen LogP contribution >= 0.6 is 0 Å². The van der Waals surface area contributed by atoms with E-state index in [-0.39, 0.29) is 0 Å². The first-order valence-electron chi connectivity index (χ1n) is 4.73. The van der Waals surface area contributed by atoms with Crippen molar-refractivity contribution in [3.05, 3.63) is 24.3 Å². The number of rotatable bonds is 3. The summed E-state index contributed by atoms with van der Waals surface area (Å²) in [6.07, 6.45) is 0.579. The number of hydrogen-bond donors (Lipinski definition) is 1. The molecule has 94 valence electrons. The van der Waals surface area contributed by atoms with Crippen molar-refractivity contribution in [2.24, 2.45) is 0 Å². The van der Waals surface area contributed by atoms with Crippen LogP contribution in [0.2, 0.25) is 0 Å². The van der Waals surface area contributed by atoms with Crippen molar-refractivity contribution >= 4 is 27.5 Å². The van der Waals surface area contributed by atoms with Gasteiger partial charge in [0.1, 0.15) is 0 Å². The van der Waals surface area contributed by atoms with E-state index in [1.165, 1.54) is 12.0 Å². The number of amides is 1. The van der Waals surface area contributed by atoms with E-state index in [9.17, 15) is 13.2 Å². The quantitative estimate of drug-likeness (QED) is 0.885. The van der Waals surface area contributed by atoms with Crippen molar-refractivity contribution in [3.63, 3.8) is 0 Å². The molecule has 0 saturated heterocycles. The highest BCUT2D eigenvalue weighted by Crippen LogP contribution is 2.17. The van der Waals surface area contributed by atoms with Crippen molar-refractivity contribution in [2.45, 2.75) is 0 Å². The number of methoxy groups -OCH3 is 1. The summed E-state index contributed by atoms with van der Waals surface area (Å²) in [5.74, 6) is 0. The lowest BCUT2D eigenvalue weighted by Gasteiger charge is -2.15. The van der Waals surface area contributed by atoms with Gasteiger partial charge in [0.05, 0.1) is 13.4 Å². The Kier molecular flexibility index (Phi) is 3.95. The Morgan fingerprint density at radius 2 is 1.82 bits per heavy atom. The zero-order valence-electron chi connectivity index (χ0n) is 9.80. The van der Waals surface area contributed by atoms with Gasteiger partial charge in [0.25, 0.3) is 0 Å². The number of hydrogen-bond acceptors (Lipinski definition) is 4. The average Bonchev–Trinajstić information content (AvgIpc) is 2.26. The van der Waals surface area contributed by atoms with Crippen LogP contribution in [0.3, 0.4) is 0 Å². The van der Waals surface area contributed by atoms with E-state index < -0.39 is 16.1 Å². The third-order valence-corrected chi connectivity index (χ3v) is 2.61. The predicted octanol–water partition coefficient (Wildman–Crippen LogP) is 1.26. The highest BCUT2D eigenvalue weighted by atomic mass is 32.2. The number of carbonyl (C=O) groups is 1. The molecule has 0 radical (unpaired) electrons. The molecule has 0 saturated carbocycles. The first-order chi connectivity index (χ1) is 7.83. The van der Waals surface area contributed by atoms with Gasteiger partial charge in [-0.25, -0.2) is 13.2 Å². The monoisotopic (exact) mass is 258 g/mol. The minimum atomic E-state index is -3.29. The zero-order chi connectivity index (χ0) is 13.1. The number of sulfonamides is 1. The molecule has 7 heteroatoms. The Morgan fingerprint density at radius 1 is 1.29 bits per heavy atom. The smallest absolute Gasteiger partial charge is 0.413 e. The van der Waals surface area contributed by atoms with E-state index in [1.54, 1.807) is 31.3 Å². The topological polar surface area (TPSA) is 75.7 Å². The van der Waals surface area contributed by atoms with Gasteiger partial charge in [0.15, 0.2) is 0 Å². The van der Waals surface area contributed by atoms with Crippen LogP contribution in [0.4, 0.5) is 16.2 Å². The molecular weight excluding hydrogens is 244 g/mol. The Hall–Kier alpha value is -1.76. The molecule has 6 nitrogen and oxygen atoms in total. The van der Waals surface area contributed by atoms with Crippen LogP contribution in [0.15, 0.2) is 24.3 Å². The Labute approximate surface area is 100 Å². The summed E-state index contributed by atoms with van der Waals surface area (Å²) in [4.78, 5) is 12.5. The van der Waals surface area contributed by atoms with Gasteiger partial charge in [-0.3, -0.25) is 9.62 Å². The molecule has 0 heterocycles. The minimum absolute atomic E-state index is 0.439. The fourth-order valence-electron chi connectivity index (χ4n) is 1.21. The molecule has 0 unspecified atom stereocenters. The Morgan fingerprint density at radius 3 is 2.24 bits per heavy atom. The highest BCUT2D eigenvalue weighted by Gasteiger charge is 2.10. The second-order valence-electron chi connectivity index (χ2n) is 3.45. The van der Waals surface area contributed by atoms with Gasteiger partial charge in [-0.2, -0.15) is 0 Å². The van der Waals surface area contributed by atoms with E-state index in [0.29, 0.717) is 11.4 Å². The van der Waals surface area contributed by atoms with Crippen LogP contribution in [-0.4, -0.2) is 34.9 Å². The molecular formula is C10H14N2O4S. The van der Waals surface area contributed by atoms with E-state index >= 15 is 0 Å². The highest BCUT2D eigenvalue weighted by molar-refractivity contribution is 7.92. The number of nitrogens with zero attached hydrogens (tertiary/aromatic N) is 1. The van der Waals surface area contributed by atoms with E-state index in [4.69, 9.17) is 0 Å². The molecule has 0 aliphatic heterocycles. The van der Waals surface area contributed by atoms with Crippen molar-refractivity contribution < 1.29 is 17.9 Å². The first-order valence-corrected chi connectivity index (χ1v) is 6.62. The summed E-state index contributed by atoms with van der Waals surface area (Å²) in [7, 11) is -0.436. The number of benzene rings is 1. The maximum absolute atomic E-state index is 11.2. The lowest BCUT2D eigenvalue weighted by molar-refractivity contribution is 0.180. The van der Waals surface area contributed by atoms with Crippen LogP contribution in [0.5, 0.6) is 0 Å². The van der Waals surface area contributed by atoms with Gasteiger partial charge in [-0.05, 0) is 24.3 Å². The average molecular weight is 258 g/mol. The molecule has 1 N–H and O–H groups in total. The lowest BCUT2D eigenvalue weighted by atomic mass is 10.3. The van der Waals surface area contributed by atoms with Crippen molar-refractivity contribution in [1.29, 1.82) is 0 Å². The van der Waals surface area contributed by atoms with Gasteiger partial charge >= 0.3 is 6.09 Å². The molecule has 0 atom stereocenters. The van der Waals surface area contributed by atoms with Crippen LogP contribution in [0.25, 0.3) is 0 Å². The summed E-state index contributed by atoms with van der Waals surface area (Å²) in [6.45, 7) is 0. The summed E-state index contributed by atoms with van der Waals surface area (Å²) in [5.41, 5.74) is 1.05. The van der Waals surface area contributed by atoms with E-state index in [1.807, 2.05) is 0 Å². The minimum Gasteiger partial charge on any atom is -0.452 e. The summed E-state index contributed by atoms with van der Waals surface area (Å²) >= 11 is 0. The summed E-state index contributed by atoms with van der Waals surface area (Å²) in [5, 5.41) is 0. The first kappa shape index (κ1) is 13.3. The molecule has 0 bridgehead atoms. The number of nitrogens with one attached hydrogen (secondary N) is 1. The fourth-order valence-corrected chi connectivity index (χ4v) is 1.77. The molecule has 0 spiro atoms. The summed E-state index contributed by atoms with van der Waals surface area (Å²) < 4.78 is 28.8. The zero-order valence-corrected chi connectivity index (χ0v) is 10.6. The second kappa shape index (κ2) is 5.05. The maximum atomic E-state index is 11.2. The molecule has 0 aliphatic carbocycles. The van der Waals surface area contributed by atoms with Crippen molar-refractivity contribution in [1.82, 2.24) is 0 Å². The Balaban J connectivity index is 2.85. The van der Waals surface area contributed by atoms with Crippen LogP contribution in [0.1, 0.15) is 0 Å². The molecule has 1 aromatic carbocycles. The van der Waals surface area contributed by atoms with Crippen molar-refractivity contribution in [3.8, 4) is 0 Å². The maximum Gasteiger partial charge on any atom is 0.413 e. The molecule has 0 fully saturated rings. The van der Waals surface area contributed by atoms with Crippen LogP contribution in [0, 0.1) is 0 Å². The molecule has 1 rings (SSSR count). The standard InChI is InChI=1S/C10H14N2O4S/c1-12(10(13)16-2)9-6-4-8(5-7-9)11-17(3,14)15/h4-7,11H,1-3H3. The largest absolute Gasteiger partial charge is 0.452 e. The number of ether oxygens (including phenoxy) is 1. The summed E-state index contributed by atoms with van der Waals surface area (Å²) in [6, 6.07) is 6.36. The SMILES string of the molecule is COC(=O)N(C)c1ccc(NS(C)(=O)=O)cc1. The fraction of sp³-hybridized carbons (Fsp3) is 0.300. The molecule has 17 heavy (non-hydrogen) atoms. The van der Waals surface area contributed by atoms with Crippen molar-refractivity contribution in [2.75, 3.05) is 30.0 Å². The van der Waals surface area contributed by atoms with Gasteiger partial charge in [0.2, 0.25) is 10.0 Å². The number of carbonyl (C=O) groups excluding carboxylic acids is 1. The lowest BCUT2D eigenvalue weighted by Crippen LogP contribution is -2.25. The van der Waals surface area contributed by atoms with E-state index in [0.717, 1.165) is 6.26 Å². The number of anilines is 2. The third-order valence-electron chi connectivity index (χ3n) is 2.01.